The molecule has 2 unspecified atom stereocenters. The zero-order chi connectivity index (χ0) is 14.5. The normalized spacial score (nSPS) is 15.3. The second kappa shape index (κ2) is 7.09. The quantitative estimate of drug-likeness (QED) is 0.781. The lowest BCUT2D eigenvalue weighted by Gasteiger charge is -2.25. The van der Waals surface area contributed by atoms with Crippen molar-refractivity contribution in [2.75, 3.05) is 13.1 Å². The van der Waals surface area contributed by atoms with Gasteiger partial charge in [-0.15, -0.1) is 0 Å². The molecular formula is C18H31N. The summed E-state index contributed by atoms with van der Waals surface area (Å²) in [5, 5.41) is 3.51. The van der Waals surface area contributed by atoms with Crippen molar-refractivity contribution in [2.45, 2.75) is 59.3 Å². The monoisotopic (exact) mass is 261 g/mol. The molecule has 0 fully saturated rings. The second-order valence-corrected chi connectivity index (χ2v) is 6.67. The summed E-state index contributed by atoms with van der Waals surface area (Å²) < 4.78 is 0. The topological polar surface area (TPSA) is 12.0 Å². The van der Waals surface area contributed by atoms with Crippen LogP contribution in [0.1, 0.15) is 65.0 Å². The molecule has 0 amide bonds. The molecule has 0 aliphatic heterocycles. The molecule has 1 heteroatoms. The van der Waals surface area contributed by atoms with Crippen LogP contribution >= 0.6 is 0 Å². The van der Waals surface area contributed by atoms with Crippen LogP contribution in [0.4, 0.5) is 0 Å². The third kappa shape index (κ3) is 4.65. The maximum Gasteiger partial charge on any atom is 0.00226 e. The molecular weight excluding hydrogens is 230 g/mol. The molecule has 2 atom stereocenters. The van der Waals surface area contributed by atoms with Gasteiger partial charge in [0.1, 0.15) is 0 Å². The first-order valence-electron chi connectivity index (χ1n) is 7.71. The Labute approximate surface area is 119 Å². The van der Waals surface area contributed by atoms with Gasteiger partial charge in [-0.05, 0) is 34.9 Å². The molecule has 0 saturated carbocycles. The van der Waals surface area contributed by atoms with Crippen molar-refractivity contribution in [1.82, 2.24) is 5.32 Å². The summed E-state index contributed by atoms with van der Waals surface area (Å²) in [4.78, 5) is 0. The highest BCUT2D eigenvalue weighted by atomic mass is 14.8. The van der Waals surface area contributed by atoms with E-state index in [0.29, 0.717) is 5.92 Å². The molecule has 0 bridgehead atoms. The van der Waals surface area contributed by atoms with Crippen molar-refractivity contribution >= 4 is 0 Å². The van der Waals surface area contributed by atoms with Gasteiger partial charge in [-0.25, -0.2) is 0 Å². The molecule has 1 rings (SSSR count). The number of hydrogen-bond acceptors (Lipinski definition) is 1. The zero-order valence-corrected chi connectivity index (χ0v) is 13.6. The minimum absolute atomic E-state index is 0.242. The van der Waals surface area contributed by atoms with Crippen molar-refractivity contribution in [3.63, 3.8) is 0 Å². The average Bonchev–Trinajstić information content (AvgIpc) is 2.38. The van der Waals surface area contributed by atoms with Gasteiger partial charge in [0, 0.05) is 6.54 Å². The van der Waals surface area contributed by atoms with Gasteiger partial charge in [0.15, 0.2) is 0 Å². The van der Waals surface area contributed by atoms with Crippen molar-refractivity contribution in [3.8, 4) is 0 Å². The van der Waals surface area contributed by atoms with Gasteiger partial charge in [-0.2, -0.15) is 0 Å². The highest BCUT2D eigenvalue weighted by Gasteiger charge is 2.19. The first-order valence-corrected chi connectivity index (χ1v) is 7.71. The molecule has 1 aromatic carbocycles. The Morgan fingerprint density at radius 3 is 2.05 bits per heavy atom. The fourth-order valence-electron chi connectivity index (χ4n) is 2.46. The molecule has 0 saturated heterocycles. The molecule has 0 heterocycles. The Bertz CT molecular complexity index is 358. The van der Waals surface area contributed by atoms with Crippen molar-refractivity contribution in [1.29, 1.82) is 0 Å². The minimum Gasteiger partial charge on any atom is -0.316 e. The van der Waals surface area contributed by atoms with Crippen molar-refractivity contribution < 1.29 is 0 Å². The third-order valence-corrected chi connectivity index (χ3v) is 4.15. The molecule has 1 aromatic rings. The molecule has 1 N–H and O–H groups in total. The molecule has 19 heavy (non-hydrogen) atoms. The van der Waals surface area contributed by atoms with E-state index in [-0.39, 0.29) is 5.41 Å². The van der Waals surface area contributed by atoms with Gasteiger partial charge < -0.3 is 5.32 Å². The predicted octanol–water partition coefficient (Wildman–Crippen LogP) is 4.72. The lowest BCUT2D eigenvalue weighted by Crippen LogP contribution is -2.25. The first kappa shape index (κ1) is 16.2. The molecule has 0 radical (unpaired) electrons. The molecule has 0 aliphatic rings. The molecule has 0 aromatic heterocycles. The minimum atomic E-state index is 0.242. The summed E-state index contributed by atoms with van der Waals surface area (Å²) in [6, 6.07) is 9.26. The van der Waals surface area contributed by atoms with Gasteiger partial charge in [-0.3, -0.25) is 0 Å². The third-order valence-electron chi connectivity index (χ3n) is 4.15. The molecule has 108 valence electrons. The highest BCUT2D eigenvalue weighted by molar-refractivity contribution is 5.30. The lowest BCUT2D eigenvalue weighted by molar-refractivity contribution is 0.424. The van der Waals surface area contributed by atoms with E-state index in [1.54, 1.807) is 0 Å². The highest BCUT2D eigenvalue weighted by Crippen LogP contribution is 2.29. The van der Waals surface area contributed by atoms with Crippen LogP contribution in [0.15, 0.2) is 24.3 Å². The number of benzene rings is 1. The van der Waals surface area contributed by atoms with Crippen LogP contribution in [0.3, 0.4) is 0 Å². The number of nitrogens with one attached hydrogen (secondary N) is 1. The largest absolute Gasteiger partial charge is 0.316 e. The zero-order valence-electron chi connectivity index (χ0n) is 13.6. The van der Waals surface area contributed by atoms with Crippen LogP contribution in [0, 0.1) is 5.92 Å². The van der Waals surface area contributed by atoms with Crippen LogP contribution in [-0.4, -0.2) is 13.1 Å². The van der Waals surface area contributed by atoms with Crippen LogP contribution < -0.4 is 5.32 Å². The van der Waals surface area contributed by atoms with E-state index in [4.69, 9.17) is 0 Å². The van der Waals surface area contributed by atoms with E-state index in [9.17, 15) is 0 Å². The van der Waals surface area contributed by atoms with Gasteiger partial charge in [0.05, 0.1) is 0 Å². The Morgan fingerprint density at radius 2 is 1.63 bits per heavy atom. The van der Waals surface area contributed by atoms with E-state index in [0.717, 1.165) is 19.0 Å². The number of hydrogen-bond donors (Lipinski definition) is 1. The van der Waals surface area contributed by atoms with Gasteiger partial charge in [0.25, 0.3) is 0 Å². The molecule has 0 aliphatic carbocycles. The molecule has 0 spiro atoms. The van der Waals surface area contributed by atoms with E-state index in [2.05, 4.69) is 71.1 Å². The van der Waals surface area contributed by atoms with Crippen LogP contribution in [0.2, 0.25) is 0 Å². The summed E-state index contributed by atoms with van der Waals surface area (Å²) in [6.45, 7) is 15.8. The lowest BCUT2D eigenvalue weighted by atomic mass is 9.82. The smallest absolute Gasteiger partial charge is 0.00226 e. The summed E-state index contributed by atoms with van der Waals surface area (Å²) in [7, 11) is 0. The predicted molar refractivity (Wildman–Crippen MR) is 85.9 cm³/mol. The Kier molecular flexibility index (Phi) is 6.06. The standard InChI is InChI=1S/C18H31N/c1-7-14(3)17(13-19-8-2)15-9-11-16(12-10-15)18(4,5)6/h9-12,14,17,19H,7-8,13H2,1-6H3. The fraction of sp³-hybridized carbons (Fsp3) is 0.667. The van der Waals surface area contributed by atoms with E-state index >= 15 is 0 Å². The van der Waals surface area contributed by atoms with Crippen LogP contribution in [-0.2, 0) is 5.41 Å². The van der Waals surface area contributed by atoms with Crippen molar-refractivity contribution in [3.05, 3.63) is 35.4 Å². The van der Waals surface area contributed by atoms with E-state index in [1.807, 2.05) is 0 Å². The Balaban J connectivity index is 2.90. The van der Waals surface area contributed by atoms with E-state index < -0.39 is 0 Å². The van der Waals surface area contributed by atoms with Crippen LogP contribution in [0.5, 0.6) is 0 Å². The Morgan fingerprint density at radius 1 is 1.05 bits per heavy atom. The summed E-state index contributed by atoms with van der Waals surface area (Å²) in [6.07, 6.45) is 1.23. The Hall–Kier alpha value is -0.820. The average molecular weight is 261 g/mol. The fourth-order valence-corrected chi connectivity index (χ4v) is 2.46. The van der Waals surface area contributed by atoms with Crippen molar-refractivity contribution in [2.24, 2.45) is 5.92 Å². The SMILES string of the molecule is CCNCC(c1ccc(C(C)(C)C)cc1)C(C)CC. The first-order chi connectivity index (χ1) is 8.90. The number of rotatable bonds is 6. The van der Waals surface area contributed by atoms with Gasteiger partial charge in [-0.1, -0.05) is 72.2 Å². The number of likely N-dealkylation sites (N-methyl/N-ethyl adjacent to an activating group) is 1. The van der Waals surface area contributed by atoms with Gasteiger partial charge >= 0.3 is 0 Å². The second-order valence-electron chi connectivity index (χ2n) is 6.67. The summed E-state index contributed by atoms with van der Waals surface area (Å²) in [5.41, 5.74) is 3.14. The maximum absolute atomic E-state index is 3.51. The van der Waals surface area contributed by atoms with Crippen LogP contribution in [0.25, 0.3) is 0 Å². The van der Waals surface area contributed by atoms with Gasteiger partial charge in [0.2, 0.25) is 0 Å². The van der Waals surface area contributed by atoms with E-state index in [1.165, 1.54) is 17.5 Å². The summed E-state index contributed by atoms with van der Waals surface area (Å²) >= 11 is 0. The molecule has 1 nitrogen and oxygen atoms in total. The maximum atomic E-state index is 3.51. The summed E-state index contributed by atoms with van der Waals surface area (Å²) in [5.74, 6) is 1.35.